The number of hydroxylamine groups is 2. The third-order valence-electron chi connectivity index (χ3n) is 5.04. The molecule has 5 atom stereocenters. The van der Waals surface area contributed by atoms with Crippen LogP contribution >= 0.6 is 0 Å². The first-order chi connectivity index (χ1) is 8.39. The van der Waals surface area contributed by atoms with E-state index in [0.29, 0.717) is 35.8 Å². The van der Waals surface area contributed by atoms with Crippen LogP contribution in [0.3, 0.4) is 0 Å². The molecule has 0 radical (unpaired) electrons. The lowest BCUT2D eigenvalue weighted by Gasteiger charge is -2.26. The van der Waals surface area contributed by atoms with Gasteiger partial charge in [-0.15, -0.1) is 0 Å². The van der Waals surface area contributed by atoms with Gasteiger partial charge in [0.15, 0.2) is 0 Å². The SMILES string of the molecule is CC(=O)O[C@@H]1[C@@H]2CC(C)(C)C[C@@H]2[C@@H]2[C@H]1CON2C. The molecule has 0 unspecified atom stereocenters. The second-order valence-corrected chi connectivity index (χ2v) is 6.97. The number of nitrogens with zero attached hydrogens (tertiary/aromatic N) is 1. The van der Waals surface area contributed by atoms with Gasteiger partial charge in [0.05, 0.1) is 6.61 Å². The Labute approximate surface area is 109 Å². The van der Waals surface area contributed by atoms with Gasteiger partial charge < -0.3 is 4.74 Å². The highest BCUT2D eigenvalue weighted by atomic mass is 16.7. The minimum Gasteiger partial charge on any atom is -0.462 e. The summed E-state index contributed by atoms with van der Waals surface area (Å²) >= 11 is 0. The zero-order valence-electron chi connectivity index (χ0n) is 11.7. The monoisotopic (exact) mass is 253 g/mol. The molecule has 2 aliphatic carbocycles. The molecule has 0 aromatic rings. The minimum atomic E-state index is -0.154. The molecule has 0 amide bonds. The van der Waals surface area contributed by atoms with Crippen LogP contribution < -0.4 is 0 Å². The standard InChI is InChI=1S/C14H23NO3/c1-8(16)18-13-10-6-14(2,3)5-9(10)12-11(13)7-17-15(12)4/h9-13H,5-7H2,1-4H3/t9-,10+,11+,12+,13+/m0/s1. The molecule has 0 aromatic carbocycles. The summed E-state index contributed by atoms with van der Waals surface area (Å²) in [5, 5.41) is 2.01. The molecule has 3 fully saturated rings. The highest BCUT2D eigenvalue weighted by Gasteiger charge is 2.61. The average molecular weight is 253 g/mol. The summed E-state index contributed by atoms with van der Waals surface area (Å²) in [6.07, 6.45) is 2.44. The zero-order valence-corrected chi connectivity index (χ0v) is 11.7. The van der Waals surface area contributed by atoms with Crippen molar-refractivity contribution in [3.63, 3.8) is 0 Å². The molecule has 4 nitrogen and oxygen atoms in total. The van der Waals surface area contributed by atoms with Gasteiger partial charge in [-0.2, -0.15) is 5.06 Å². The summed E-state index contributed by atoms with van der Waals surface area (Å²) in [5.74, 6) is 1.34. The first-order valence-corrected chi connectivity index (χ1v) is 6.92. The molecule has 3 aliphatic rings. The first-order valence-electron chi connectivity index (χ1n) is 6.92. The fourth-order valence-corrected chi connectivity index (χ4v) is 4.61. The van der Waals surface area contributed by atoms with E-state index in [4.69, 9.17) is 9.57 Å². The van der Waals surface area contributed by atoms with Crippen LogP contribution in [0.5, 0.6) is 0 Å². The molecule has 1 aliphatic heterocycles. The zero-order chi connectivity index (χ0) is 13.1. The number of hydrogen-bond acceptors (Lipinski definition) is 4. The second kappa shape index (κ2) is 3.94. The molecule has 1 saturated heterocycles. The van der Waals surface area contributed by atoms with Gasteiger partial charge in [-0.25, -0.2) is 0 Å². The highest BCUT2D eigenvalue weighted by Crippen LogP contribution is 2.57. The summed E-state index contributed by atoms with van der Waals surface area (Å²) < 4.78 is 5.64. The Morgan fingerprint density at radius 2 is 1.94 bits per heavy atom. The Hall–Kier alpha value is -0.610. The van der Waals surface area contributed by atoms with Gasteiger partial charge in [0.2, 0.25) is 0 Å². The van der Waals surface area contributed by atoms with E-state index in [1.54, 1.807) is 0 Å². The number of hydrogen-bond donors (Lipinski definition) is 0. The molecule has 0 spiro atoms. The molecule has 0 bridgehead atoms. The lowest BCUT2D eigenvalue weighted by molar-refractivity contribution is -0.152. The molecule has 0 aromatic heterocycles. The molecule has 2 saturated carbocycles. The van der Waals surface area contributed by atoms with Gasteiger partial charge in [-0.05, 0) is 24.2 Å². The average Bonchev–Trinajstić information content (AvgIpc) is 2.81. The third-order valence-corrected chi connectivity index (χ3v) is 5.04. The smallest absolute Gasteiger partial charge is 0.302 e. The maximum Gasteiger partial charge on any atom is 0.302 e. The molecule has 102 valence electrons. The van der Waals surface area contributed by atoms with E-state index in [0.717, 1.165) is 6.42 Å². The summed E-state index contributed by atoms with van der Waals surface area (Å²) in [7, 11) is 2.02. The van der Waals surface area contributed by atoms with Crippen molar-refractivity contribution in [1.82, 2.24) is 5.06 Å². The molecular weight excluding hydrogens is 230 g/mol. The maximum absolute atomic E-state index is 11.3. The highest BCUT2D eigenvalue weighted by molar-refractivity contribution is 5.66. The van der Waals surface area contributed by atoms with Crippen LogP contribution in [0.1, 0.15) is 33.6 Å². The van der Waals surface area contributed by atoms with Crippen molar-refractivity contribution in [3.8, 4) is 0 Å². The van der Waals surface area contributed by atoms with E-state index in [1.165, 1.54) is 13.3 Å². The lowest BCUT2D eigenvalue weighted by atomic mass is 9.85. The predicted molar refractivity (Wildman–Crippen MR) is 66.5 cm³/mol. The van der Waals surface area contributed by atoms with E-state index >= 15 is 0 Å². The minimum absolute atomic E-state index is 0.0595. The Morgan fingerprint density at radius 3 is 2.61 bits per heavy atom. The van der Waals surface area contributed by atoms with Crippen LogP contribution in [0, 0.1) is 23.2 Å². The van der Waals surface area contributed by atoms with Crippen molar-refractivity contribution in [2.45, 2.75) is 45.8 Å². The predicted octanol–water partition coefficient (Wildman–Crippen LogP) is 1.85. The van der Waals surface area contributed by atoms with Gasteiger partial charge in [-0.3, -0.25) is 9.63 Å². The van der Waals surface area contributed by atoms with Crippen LogP contribution in [0.25, 0.3) is 0 Å². The molecule has 0 N–H and O–H groups in total. The van der Waals surface area contributed by atoms with E-state index in [2.05, 4.69) is 13.8 Å². The van der Waals surface area contributed by atoms with E-state index in [9.17, 15) is 4.79 Å². The van der Waals surface area contributed by atoms with Crippen LogP contribution in [0.2, 0.25) is 0 Å². The molecule has 3 rings (SSSR count). The van der Waals surface area contributed by atoms with Crippen molar-refractivity contribution in [2.75, 3.05) is 13.7 Å². The van der Waals surface area contributed by atoms with Gasteiger partial charge in [-0.1, -0.05) is 13.8 Å². The van der Waals surface area contributed by atoms with Crippen molar-refractivity contribution >= 4 is 5.97 Å². The van der Waals surface area contributed by atoms with E-state index in [-0.39, 0.29) is 12.1 Å². The number of carbonyl (C=O) groups is 1. The Morgan fingerprint density at radius 1 is 1.28 bits per heavy atom. The number of rotatable bonds is 1. The van der Waals surface area contributed by atoms with E-state index < -0.39 is 0 Å². The lowest BCUT2D eigenvalue weighted by Crippen LogP contribution is -2.34. The Kier molecular flexibility index (Phi) is 2.72. The fraction of sp³-hybridized carbons (Fsp3) is 0.929. The molecular formula is C14H23NO3. The van der Waals surface area contributed by atoms with Gasteiger partial charge in [0.1, 0.15) is 6.10 Å². The van der Waals surface area contributed by atoms with Crippen molar-refractivity contribution in [1.29, 1.82) is 0 Å². The summed E-state index contributed by atoms with van der Waals surface area (Å²) in [6.45, 7) is 6.86. The van der Waals surface area contributed by atoms with Gasteiger partial charge in [0.25, 0.3) is 0 Å². The fourth-order valence-electron chi connectivity index (χ4n) is 4.61. The second-order valence-electron chi connectivity index (χ2n) is 6.97. The van der Waals surface area contributed by atoms with Crippen molar-refractivity contribution in [3.05, 3.63) is 0 Å². The molecule has 4 heteroatoms. The number of carbonyl (C=O) groups excluding carboxylic acids is 1. The third kappa shape index (κ3) is 1.77. The largest absolute Gasteiger partial charge is 0.462 e. The summed E-state index contributed by atoms with van der Waals surface area (Å²) in [5.41, 5.74) is 0.363. The van der Waals surface area contributed by atoms with E-state index in [1.807, 2.05) is 12.1 Å². The maximum atomic E-state index is 11.3. The summed E-state index contributed by atoms with van der Waals surface area (Å²) in [4.78, 5) is 17.0. The first kappa shape index (κ1) is 12.4. The van der Waals surface area contributed by atoms with Crippen LogP contribution in [0.4, 0.5) is 0 Å². The number of esters is 1. The van der Waals surface area contributed by atoms with Gasteiger partial charge in [0, 0.05) is 31.8 Å². The normalized spacial score (nSPS) is 45.9. The van der Waals surface area contributed by atoms with Crippen LogP contribution in [-0.2, 0) is 14.4 Å². The quantitative estimate of drug-likeness (QED) is 0.668. The summed E-state index contributed by atoms with van der Waals surface area (Å²) in [6, 6.07) is 0.432. The van der Waals surface area contributed by atoms with Crippen LogP contribution in [-0.4, -0.2) is 36.8 Å². The number of ether oxygens (including phenoxy) is 1. The van der Waals surface area contributed by atoms with Crippen LogP contribution in [0.15, 0.2) is 0 Å². The van der Waals surface area contributed by atoms with Crippen molar-refractivity contribution < 1.29 is 14.4 Å². The molecule has 1 heterocycles. The Balaban J connectivity index is 1.88. The number of fused-ring (bicyclic) bond motifs is 3. The van der Waals surface area contributed by atoms with Gasteiger partial charge >= 0.3 is 5.97 Å². The van der Waals surface area contributed by atoms with Crippen molar-refractivity contribution in [2.24, 2.45) is 23.2 Å². The molecule has 18 heavy (non-hydrogen) atoms. The topological polar surface area (TPSA) is 38.8 Å². The Bertz CT molecular complexity index is 368.